The Morgan fingerprint density at radius 3 is 2.34 bits per heavy atom. The summed E-state index contributed by atoms with van der Waals surface area (Å²) in [7, 11) is 0. The Morgan fingerprint density at radius 2 is 1.69 bits per heavy atom. The topological polar surface area (TPSA) is 18.5 Å². The summed E-state index contributed by atoms with van der Waals surface area (Å²) in [6.07, 6.45) is 8.42. The number of hydrogen-bond donors (Lipinski definition) is 0. The number of terminal acetylenes is 1. The van der Waals surface area contributed by atoms with Crippen LogP contribution in [0.25, 0.3) is 0 Å². The molecule has 0 fully saturated rings. The highest BCUT2D eigenvalue weighted by Crippen LogP contribution is 2.31. The minimum Gasteiger partial charge on any atom is -0.493 e. The van der Waals surface area contributed by atoms with Crippen molar-refractivity contribution in [2.45, 2.75) is 45.4 Å². The Balaban J connectivity index is 1.61. The molecule has 3 heteroatoms. The average molecular weight is 431 g/mol. The standard InChI is InChI=1S/C29H31FO2/c1-5-29(4,24-14-16-25(17-15-24)31-21-22(2)3)19-9-10-23-13-18-27(30)28(20-23)32-26-11-7-6-8-12-26/h1,6-8,11-18,20,22H,9-10,19,21H2,2-4H3. The van der Waals surface area contributed by atoms with E-state index in [0.717, 1.165) is 36.1 Å². The van der Waals surface area contributed by atoms with Crippen molar-refractivity contribution in [1.82, 2.24) is 0 Å². The molecule has 1 unspecified atom stereocenters. The molecule has 0 aliphatic carbocycles. The third-order valence-electron chi connectivity index (χ3n) is 5.50. The molecular weight excluding hydrogens is 399 g/mol. The molecule has 0 N–H and O–H groups in total. The van der Waals surface area contributed by atoms with Gasteiger partial charge in [-0.15, -0.1) is 6.42 Å². The number of halogens is 1. The molecule has 1 atom stereocenters. The molecule has 0 spiro atoms. The van der Waals surface area contributed by atoms with Crippen LogP contribution in [0.2, 0.25) is 0 Å². The number of hydrogen-bond acceptors (Lipinski definition) is 2. The Kier molecular flexibility index (Phi) is 7.95. The minimum absolute atomic E-state index is 0.241. The first-order chi connectivity index (χ1) is 15.4. The van der Waals surface area contributed by atoms with Gasteiger partial charge < -0.3 is 9.47 Å². The lowest BCUT2D eigenvalue weighted by atomic mass is 9.78. The van der Waals surface area contributed by atoms with Crippen molar-refractivity contribution >= 4 is 0 Å². The van der Waals surface area contributed by atoms with Gasteiger partial charge in [-0.2, -0.15) is 0 Å². The van der Waals surface area contributed by atoms with E-state index < -0.39 is 0 Å². The molecule has 166 valence electrons. The fourth-order valence-electron chi connectivity index (χ4n) is 3.52. The van der Waals surface area contributed by atoms with E-state index in [0.29, 0.717) is 18.3 Å². The quantitative estimate of drug-likeness (QED) is 0.309. The largest absolute Gasteiger partial charge is 0.493 e. The maximum Gasteiger partial charge on any atom is 0.165 e. The van der Waals surface area contributed by atoms with Crippen LogP contribution in [0.15, 0.2) is 72.8 Å². The Morgan fingerprint density at radius 1 is 0.969 bits per heavy atom. The molecule has 0 aliphatic heterocycles. The molecule has 3 rings (SSSR count). The molecule has 0 amide bonds. The fraction of sp³-hybridized carbons (Fsp3) is 0.310. The molecule has 0 heterocycles. The highest BCUT2D eigenvalue weighted by molar-refractivity contribution is 5.38. The van der Waals surface area contributed by atoms with Crippen LogP contribution in [0.4, 0.5) is 4.39 Å². The van der Waals surface area contributed by atoms with Crippen LogP contribution in [-0.4, -0.2) is 6.61 Å². The molecule has 0 radical (unpaired) electrons. The molecule has 0 bridgehead atoms. The van der Waals surface area contributed by atoms with E-state index in [2.05, 4.69) is 38.8 Å². The summed E-state index contributed by atoms with van der Waals surface area (Å²) in [6.45, 7) is 7.04. The van der Waals surface area contributed by atoms with Gasteiger partial charge in [0.2, 0.25) is 0 Å². The van der Waals surface area contributed by atoms with Gasteiger partial charge in [0.15, 0.2) is 11.6 Å². The van der Waals surface area contributed by atoms with E-state index in [1.54, 1.807) is 12.1 Å². The van der Waals surface area contributed by atoms with Gasteiger partial charge in [0.1, 0.15) is 11.5 Å². The second-order valence-electron chi connectivity index (χ2n) is 8.74. The maximum absolute atomic E-state index is 14.2. The first-order valence-corrected chi connectivity index (χ1v) is 11.1. The molecule has 3 aromatic rings. The normalized spacial score (nSPS) is 12.8. The Labute approximate surface area is 191 Å². The summed E-state index contributed by atoms with van der Waals surface area (Å²) in [6, 6.07) is 22.4. The second kappa shape index (κ2) is 10.9. The lowest BCUT2D eigenvalue weighted by molar-refractivity contribution is 0.271. The minimum atomic E-state index is -0.375. The zero-order chi connectivity index (χ0) is 23.0. The number of rotatable bonds is 10. The Bertz CT molecular complexity index is 1040. The van der Waals surface area contributed by atoms with Gasteiger partial charge in [0, 0.05) is 0 Å². The summed E-state index contributed by atoms with van der Waals surface area (Å²) < 4.78 is 25.7. The van der Waals surface area contributed by atoms with E-state index in [-0.39, 0.29) is 17.0 Å². The van der Waals surface area contributed by atoms with Crippen LogP contribution in [0.1, 0.15) is 44.7 Å². The summed E-state index contributed by atoms with van der Waals surface area (Å²) in [5.41, 5.74) is 1.75. The monoisotopic (exact) mass is 430 g/mol. The fourth-order valence-corrected chi connectivity index (χ4v) is 3.52. The number of aryl methyl sites for hydroxylation is 1. The van der Waals surface area contributed by atoms with Crippen LogP contribution in [0, 0.1) is 24.1 Å². The van der Waals surface area contributed by atoms with Crippen molar-refractivity contribution < 1.29 is 13.9 Å². The summed E-state index contributed by atoms with van der Waals surface area (Å²) >= 11 is 0. The van der Waals surface area contributed by atoms with Crippen molar-refractivity contribution in [2.24, 2.45) is 5.92 Å². The van der Waals surface area contributed by atoms with Crippen molar-refractivity contribution in [2.75, 3.05) is 6.61 Å². The zero-order valence-electron chi connectivity index (χ0n) is 19.1. The van der Waals surface area contributed by atoms with Crippen molar-refractivity contribution in [1.29, 1.82) is 0 Å². The molecule has 3 aromatic carbocycles. The molecule has 0 saturated carbocycles. The lowest BCUT2D eigenvalue weighted by Crippen LogP contribution is -2.19. The summed E-state index contributed by atoms with van der Waals surface area (Å²) in [5.74, 6) is 4.81. The first kappa shape index (κ1) is 23.4. The Hall–Kier alpha value is -3.25. The van der Waals surface area contributed by atoms with Gasteiger partial charge in [-0.25, -0.2) is 4.39 Å². The molecule has 0 aromatic heterocycles. The van der Waals surface area contributed by atoms with Gasteiger partial charge in [0.05, 0.1) is 12.0 Å². The van der Waals surface area contributed by atoms with Crippen LogP contribution in [0.5, 0.6) is 17.2 Å². The van der Waals surface area contributed by atoms with Gasteiger partial charge in [0.25, 0.3) is 0 Å². The number of ether oxygens (including phenoxy) is 2. The van der Waals surface area contributed by atoms with E-state index >= 15 is 0 Å². The molecule has 0 saturated heterocycles. The van der Waals surface area contributed by atoms with Gasteiger partial charge in [-0.1, -0.05) is 56.2 Å². The number of benzene rings is 3. The van der Waals surface area contributed by atoms with E-state index in [1.807, 2.05) is 42.5 Å². The number of para-hydroxylation sites is 1. The lowest BCUT2D eigenvalue weighted by Gasteiger charge is -2.24. The second-order valence-corrected chi connectivity index (χ2v) is 8.74. The van der Waals surface area contributed by atoms with Gasteiger partial charge >= 0.3 is 0 Å². The van der Waals surface area contributed by atoms with Crippen molar-refractivity contribution in [3.05, 3.63) is 89.7 Å². The summed E-state index contributed by atoms with van der Waals surface area (Å²) in [5, 5.41) is 0. The van der Waals surface area contributed by atoms with E-state index in [1.165, 1.54) is 6.07 Å². The average Bonchev–Trinajstić information content (AvgIpc) is 2.80. The molecule has 32 heavy (non-hydrogen) atoms. The van der Waals surface area contributed by atoms with Crippen molar-refractivity contribution in [3.8, 4) is 29.6 Å². The molecular formula is C29H31FO2. The summed E-state index contributed by atoms with van der Waals surface area (Å²) in [4.78, 5) is 0. The SMILES string of the molecule is C#CC(C)(CCCc1ccc(F)c(Oc2ccccc2)c1)c1ccc(OCC(C)C)cc1. The highest BCUT2D eigenvalue weighted by atomic mass is 19.1. The van der Waals surface area contributed by atoms with E-state index in [4.69, 9.17) is 15.9 Å². The third-order valence-corrected chi connectivity index (χ3v) is 5.50. The predicted octanol–water partition coefficient (Wildman–Crippen LogP) is 7.57. The van der Waals surface area contributed by atoms with Crippen LogP contribution >= 0.6 is 0 Å². The predicted molar refractivity (Wildman–Crippen MR) is 129 cm³/mol. The van der Waals surface area contributed by atoms with Crippen molar-refractivity contribution in [3.63, 3.8) is 0 Å². The van der Waals surface area contributed by atoms with Gasteiger partial charge in [-0.05, 0) is 79.6 Å². The van der Waals surface area contributed by atoms with Crippen LogP contribution in [-0.2, 0) is 11.8 Å². The first-order valence-electron chi connectivity index (χ1n) is 11.1. The van der Waals surface area contributed by atoms with E-state index in [9.17, 15) is 4.39 Å². The van der Waals surface area contributed by atoms with Gasteiger partial charge in [-0.3, -0.25) is 0 Å². The molecule has 0 aliphatic rings. The highest BCUT2D eigenvalue weighted by Gasteiger charge is 2.23. The van der Waals surface area contributed by atoms with Crippen LogP contribution in [0.3, 0.4) is 0 Å². The van der Waals surface area contributed by atoms with Crippen LogP contribution < -0.4 is 9.47 Å². The smallest absolute Gasteiger partial charge is 0.165 e. The molecule has 2 nitrogen and oxygen atoms in total. The third kappa shape index (κ3) is 6.37. The zero-order valence-corrected chi connectivity index (χ0v) is 19.1. The maximum atomic E-state index is 14.2.